The van der Waals surface area contributed by atoms with E-state index in [9.17, 15) is 9.59 Å². The van der Waals surface area contributed by atoms with Crippen molar-refractivity contribution in [3.05, 3.63) is 63.3 Å². The molecule has 0 aliphatic carbocycles. The molecule has 0 atom stereocenters. The second-order valence-electron chi connectivity index (χ2n) is 6.06. The Kier molecular flexibility index (Phi) is 5.94. The van der Waals surface area contributed by atoms with Crippen molar-refractivity contribution in [3.8, 4) is 11.5 Å². The first-order valence-electron chi connectivity index (χ1n) is 8.61. The van der Waals surface area contributed by atoms with Gasteiger partial charge in [0.05, 0.1) is 11.1 Å². The maximum absolute atomic E-state index is 12.2. The second kappa shape index (κ2) is 8.39. The van der Waals surface area contributed by atoms with E-state index in [2.05, 4.69) is 20.9 Å². The molecule has 0 radical (unpaired) electrons. The highest BCUT2D eigenvalue weighted by atomic mass is 79.9. The molecule has 28 heavy (non-hydrogen) atoms. The van der Waals surface area contributed by atoms with Crippen LogP contribution < -0.4 is 9.47 Å². The summed E-state index contributed by atoms with van der Waals surface area (Å²) < 4.78 is 16.6. The zero-order valence-electron chi connectivity index (χ0n) is 15.6. The first-order valence-corrected chi connectivity index (χ1v) is 9.41. The fraction of sp³-hybridized carbons (Fsp3) is 0.190. The highest BCUT2D eigenvalue weighted by Gasteiger charge is 2.24. The minimum absolute atomic E-state index is 0.171. The van der Waals surface area contributed by atoms with Gasteiger partial charge in [-0.1, -0.05) is 17.7 Å². The van der Waals surface area contributed by atoms with Crippen LogP contribution in [0.25, 0.3) is 6.08 Å². The number of carbonyl (C=O) groups excluding carboxylic acids is 2. The number of cyclic esters (lactones) is 1. The second-order valence-corrected chi connectivity index (χ2v) is 6.91. The predicted octanol–water partition coefficient (Wildman–Crippen LogP) is 4.43. The van der Waals surface area contributed by atoms with Gasteiger partial charge in [0.1, 0.15) is 0 Å². The molecule has 1 aliphatic rings. The molecule has 1 aliphatic heterocycles. The van der Waals surface area contributed by atoms with E-state index < -0.39 is 11.9 Å². The number of rotatable bonds is 5. The van der Waals surface area contributed by atoms with Gasteiger partial charge in [0.2, 0.25) is 5.90 Å². The van der Waals surface area contributed by atoms with Crippen molar-refractivity contribution in [2.75, 3.05) is 6.61 Å². The van der Waals surface area contributed by atoms with Crippen LogP contribution in [0.3, 0.4) is 0 Å². The van der Waals surface area contributed by atoms with E-state index in [1.54, 1.807) is 18.2 Å². The summed E-state index contributed by atoms with van der Waals surface area (Å²) in [7, 11) is 0. The van der Waals surface area contributed by atoms with Crippen LogP contribution in [0, 0.1) is 6.92 Å². The van der Waals surface area contributed by atoms with Crippen LogP contribution in [0.15, 0.2) is 51.6 Å². The van der Waals surface area contributed by atoms with Crippen LogP contribution in [0.4, 0.5) is 0 Å². The van der Waals surface area contributed by atoms with Crippen LogP contribution in [0.2, 0.25) is 0 Å². The van der Waals surface area contributed by atoms with Gasteiger partial charge in [0, 0.05) is 12.5 Å². The number of carbonyl (C=O) groups is 2. The fourth-order valence-corrected chi connectivity index (χ4v) is 3.10. The standard InChI is InChI=1S/C21H18BrNO5/c1-4-26-18-11-14(9-16(22)19(18)27-13(3)24)10-17-21(25)28-20(23-17)15-7-5-12(2)6-8-15/h5-11H,4H2,1-3H3/b17-10-. The van der Waals surface area contributed by atoms with Gasteiger partial charge in [0.15, 0.2) is 17.2 Å². The molecule has 0 saturated carbocycles. The lowest BCUT2D eigenvalue weighted by Gasteiger charge is -2.12. The SMILES string of the molecule is CCOc1cc(/C=C2\N=C(c3ccc(C)cc3)OC2=O)cc(Br)c1OC(C)=O. The first kappa shape index (κ1) is 19.8. The molecule has 3 rings (SSSR count). The maximum Gasteiger partial charge on any atom is 0.363 e. The van der Waals surface area contributed by atoms with Crippen LogP contribution in [-0.2, 0) is 14.3 Å². The largest absolute Gasteiger partial charge is 0.490 e. The molecule has 2 aromatic rings. The molecule has 144 valence electrons. The van der Waals surface area contributed by atoms with Gasteiger partial charge in [-0.25, -0.2) is 9.79 Å². The third-order valence-electron chi connectivity index (χ3n) is 3.80. The Labute approximate surface area is 171 Å². The van der Waals surface area contributed by atoms with Gasteiger partial charge in [-0.15, -0.1) is 0 Å². The van der Waals surface area contributed by atoms with Crippen molar-refractivity contribution < 1.29 is 23.8 Å². The highest BCUT2D eigenvalue weighted by molar-refractivity contribution is 9.10. The van der Waals surface area contributed by atoms with E-state index in [4.69, 9.17) is 14.2 Å². The fourth-order valence-electron chi connectivity index (χ4n) is 2.56. The Morgan fingerprint density at radius 2 is 1.96 bits per heavy atom. The van der Waals surface area contributed by atoms with Crippen LogP contribution in [0.5, 0.6) is 11.5 Å². The molecular weight excluding hydrogens is 426 g/mol. The van der Waals surface area contributed by atoms with Crippen molar-refractivity contribution in [3.63, 3.8) is 0 Å². The molecular formula is C21H18BrNO5. The van der Waals surface area contributed by atoms with Gasteiger partial charge >= 0.3 is 11.9 Å². The predicted molar refractivity (Wildman–Crippen MR) is 108 cm³/mol. The zero-order chi connectivity index (χ0) is 20.3. The summed E-state index contributed by atoms with van der Waals surface area (Å²) in [5.41, 5.74) is 2.64. The summed E-state index contributed by atoms with van der Waals surface area (Å²) in [6.07, 6.45) is 1.59. The molecule has 1 heterocycles. The van der Waals surface area contributed by atoms with Gasteiger partial charge in [0.25, 0.3) is 0 Å². The Morgan fingerprint density at radius 3 is 2.61 bits per heavy atom. The van der Waals surface area contributed by atoms with E-state index in [1.807, 2.05) is 38.1 Å². The number of nitrogens with zero attached hydrogens (tertiary/aromatic N) is 1. The molecule has 0 amide bonds. The summed E-state index contributed by atoms with van der Waals surface area (Å²) in [6.45, 7) is 5.50. The van der Waals surface area contributed by atoms with Crippen molar-refractivity contribution in [2.45, 2.75) is 20.8 Å². The first-order chi connectivity index (χ1) is 13.4. The minimum atomic E-state index is -0.534. The van der Waals surface area contributed by atoms with Crippen LogP contribution in [0.1, 0.15) is 30.5 Å². The normalized spacial score (nSPS) is 14.6. The molecule has 0 unspecified atom stereocenters. The number of benzene rings is 2. The molecule has 0 fully saturated rings. The highest BCUT2D eigenvalue weighted by Crippen LogP contribution is 2.38. The molecule has 7 heteroatoms. The number of aliphatic imine (C=N–C) groups is 1. The average Bonchev–Trinajstić information content (AvgIpc) is 2.99. The summed E-state index contributed by atoms with van der Waals surface area (Å²) in [5.74, 6) is -0.0626. The van der Waals surface area contributed by atoms with Crippen molar-refractivity contribution in [1.82, 2.24) is 0 Å². The lowest BCUT2D eigenvalue weighted by Crippen LogP contribution is -2.06. The summed E-state index contributed by atoms with van der Waals surface area (Å²) >= 11 is 3.38. The molecule has 2 aromatic carbocycles. The molecule has 6 nitrogen and oxygen atoms in total. The monoisotopic (exact) mass is 443 g/mol. The van der Waals surface area contributed by atoms with Gasteiger partial charge in [-0.05, 0) is 65.7 Å². The number of aryl methyl sites for hydroxylation is 1. The molecule has 0 aromatic heterocycles. The number of hydrogen-bond donors (Lipinski definition) is 0. The summed E-state index contributed by atoms with van der Waals surface area (Å²) in [4.78, 5) is 27.9. The zero-order valence-corrected chi connectivity index (χ0v) is 17.2. The number of esters is 2. The van der Waals surface area contributed by atoms with Crippen LogP contribution in [-0.4, -0.2) is 24.4 Å². The number of hydrogen-bond acceptors (Lipinski definition) is 6. The van der Waals surface area contributed by atoms with E-state index >= 15 is 0 Å². The van der Waals surface area contributed by atoms with Gasteiger partial charge < -0.3 is 14.2 Å². The lowest BCUT2D eigenvalue weighted by molar-refractivity contribution is -0.132. The van der Waals surface area contributed by atoms with Crippen molar-refractivity contribution >= 4 is 39.8 Å². The Bertz CT molecular complexity index is 993. The Morgan fingerprint density at radius 1 is 1.25 bits per heavy atom. The smallest absolute Gasteiger partial charge is 0.363 e. The lowest BCUT2D eigenvalue weighted by atomic mass is 10.1. The van der Waals surface area contributed by atoms with Crippen LogP contribution >= 0.6 is 15.9 Å². The Hall–Kier alpha value is -2.93. The van der Waals surface area contributed by atoms with E-state index in [-0.39, 0.29) is 17.3 Å². The topological polar surface area (TPSA) is 74.2 Å². The third kappa shape index (κ3) is 4.48. The average molecular weight is 444 g/mol. The molecule has 0 N–H and O–H groups in total. The maximum atomic E-state index is 12.2. The number of halogens is 1. The summed E-state index contributed by atoms with van der Waals surface area (Å²) in [6, 6.07) is 10.9. The minimum Gasteiger partial charge on any atom is -0.490 e. The van der Waals surface area contributed by atoms with Crippen molar-refractivity contribution in [1.29, 1.82) is 0 Å². The van der Waals surface area contributed by atoms with E-state index in [1.165, 1.54) is 6.92 Å². The van der Waals surface area contributed by atoms with Crippen molar-refractivity contribution in [2.24, 2.45) is 4.99 Å². The molecule has 0 bridgehead atoms. The quantitative estimate of drug-likeness (QED) is 0.388. The Balaban J connectivity index is 1.96. The molecule has 0 saturated heterocycles. The van der Waals surface area contributed by atoms with Gasteiger partial charge in [-0.2, -0.15) is 0 Å². The molecule has 0 spiro atoms. The van der Waals surface area contributed by atoms with Gasteiger partial charge in [-0.3, -0.25) is 4.79 Å². The third-order valence-corrected chi connectivity index (χ3v) is 4.39. The van der Waals surface area contributed by atoms with E-state index in [0.29, 0.717) is 22.4 Å². The summed E-state index contributed by atoms with van der Waals surface area (Å²) in [5, 5.41) is 0. The van der Waals surface area contributed by atoms with E-state index in [0.717, 1.165) is 11.1 Å². The number of ether oxygens (including phenoxy) is 3.